The van der Waals surface area contributed by atoms with E-state index in [1.165, 1.54) is 0 Å². The van der Waals surface area contributed by atoms with Crippen molar-refractivity contribution < 1.29 is 22.6 Å². The molecule has 0 heterocycles. The molecule has 0 aliphatic carbocycles. The molecule has 0 N–H and O–H groups in total. The van der Waals surface area contributed by atoms with Gasteiger partial charge in [0.15, 0.2) is 0 Å². The Kier molecular flexibility index (Phi) is 6.88. The van der Waals surface area contributed by atoms with Crippen molar-refractivity contribution >= 4 is 11.6 Å². The Morgan fingerprint density at radius 1 is 1.30 bits per heavy atom. The zero-order chi connectivity index (χ0) is 15.0. The monoisotopic (exact) mass is 308 g/mol. The number of hydrogen-bond donors (Lipinski definition) is 0. The summed E-state index contributed by atoms with van der Waals surface area (Å²) in [6.07, 6.45) is -3.20. The molecular formula is C14H16ClF3O2. The highest BCUT2D eigenvalue weighted by Gasteiger charge is 2.31. The molecule has 1 aromatic rings. The van der Waals surface area contributed by atoms with Crippen molar-refractivity contribution in [1.29, 1.82) is 0 Å². The van der Waals surface area contributed by atoms with E-state index >= 15 is 0 Å². The summed E-state index contributed by atoms with van der Waals surface area (Å²) >= 11 is 5.04. The van der Waals surface area contributed by atoms with E-state index in [9.17, 15) is 13.2 Å². The highest BCUT2D eigenvalue weighted by atomic mass is 35.5. The van der Waals surface area contributed by atoms with Crippen LogP contribution in [-0.2, 0) is 4.74 Å². The van der Waals surface area contributed by atoms with E-state index < -0.39 is 11.2 Å². The number of ether oxygens (including phenoxy) is 2. The van der Waals surface area contributed by atoms with E-state index in [0.29, 0.717) is 13.0 Å². The standard InChI is InChI=1S/C14H16ClF3O2/c1-11(20-12-5-3-2-4-6-12)7-9-19-10-8-13(15)14(16,17)18/h2-6,8,11H,7,9-10H2,1H3/b13-8-. The molecule has 0 aliphatic rings. The molecule has 1 unspecified atom stereocenters. The second-order valence-corrected chi connectivity index (χ2v) is 4.56. The molecule has 2 nitrogen and oxygen atoms in total. The molecule has 0 spiro atoms. The Labute approximate surface area is 121 Å². The van der Waals surface area contributed by atoms with Crippen molar-refractivity contribution in [2.45, 2.75) is 25.6 Å². The molecule has 1 aromatic carbocycles. The number of para-hydroxylation sites is 1. The van der Waals surface area contributed by atoms with Gasteiger partial charge in [0.25, 0.3) is 0 Å². The van der Waals surface area contributed by atoms with Crippen LogP contribution in [0.15, 0.2) is 41.4 Å². The lowest BCUT2D eigenvalue weighted by Crippen LogP contribution is -2.15. The maximum atomic E-state index is 12.1. The average Bonchev–Trinajstić information content (AvgIpc) is 2.38. The van der Waals surface area contributed by atoms with Gasteiger partial charge in [0.2, 0.25) is 0 Å². The van der Waals surface area contributed by atoms with E-state index in [0.717, 1.165) is 11.8 Å². The van der Waals surface area contributed by atoms with Gasteiger partial charge in [0.1, 0.15) is 10.8 Å². The molecule has 0 aromatic heterocycles. The van der Waals surface area contributed by atoms with Crippen LogP contribution < -0.4 is 4.74 Å². The van der Waals surface area contributed by atoms with E-state index in [4.69, 9.17) is 21.1 Å². The smallest absolute Gasteiger partial charge is 0.426 e. The van der Waals surface area contributed by atoms with Gasteiger partial charge in [-0.2, -0.15) is 13.2 Å². The van der Waals surface area contributed by atoms with Crippen LogP contribution in [0.25, 0.3) is 0 Å². The second kappa shape index (κ2) is 8.17. The van der Waals surface area contributed by atoms with Gasteiger partial charge in [-0.25, -0.2) is 0 Å². The largest absolute Gasteiger partial charge is 0.491 e. The van der Waals surface area contributed by atoms with Gasteiger partial charge in [0.05, 0.1) is 19.3 Å². The Balaban J connectivity index is 2.18. The average molecular weight is 309 g/mol. The molecule has 0 amide bonds. The lowest BCUT2D eigenvalue weighted by atomic mass is 10.3. The highest BCUT2D eigenvalue weighted by Crippen LogP contribution is 2.28. The van der Waals surface area contributed by atoms with Crippen LogP contribution in [0.3, 0.4) is 0 Å². The van der Waals surface area contributed by atoms with Crippen LogP contribution in [0.5, 0.6) is 5.75 Å². The summed E-state index contributed by atoms with van der Waals surface area (Å²) in [5.41, 5.74) is 0. The van der Waals surface area contributed by atoms with Crippen molar-refractivity contribution in [3.05, 3.63) is 41.4 Å². The molecule has 20 heavy (non-hydrogen) atoms. The van der Waals surface area contributed by atoms with Crippen LogP contribution in [0.2, 0.25) is 0 Å². The third-order valence-electron chi connectivity index (χ3n) is 2.40. The normalized spacial score (nSPS) is 14.2. The fourth-order valence-electron chi connectivity index (χ4n) is 1.37. The van der Waals surface area contributed by atoms with Gasteiger partial charge in [-0.05, 0) is 25.1 Å². The number of halogens is 4. The third kappa shape index (κ3) is 6.82. The van der Waals surface area contributed by atoms with Gasteiger partial charge in [-0.1, -0.05) is 29.8 Å². The van der Waals surface area contributed by atoms with E-state index in [2.05, 4.69) is 0 Å². The van der Waals surface area contributed by atoms with Crippen molar-refractivity contribution in [3.63, 3.8) is 0 Å². The second-order valence-electron chi connectivity index (χ2n) is 4.15. The van der Waals surface area contributed by atoms with Crippen LogP contribution in [0, 0.1) is 0 Å². The predicted molar refractivity (Wildman–Crippen MR) is 72.0 cm³/mol. The first-order chi connectivity index (χ1) is 9.39. The van der Waals surface area contributed by atoms with Crippen molar-refractivity contribution in [1.82, 2.24) is 0 Å². The Morgan fingerprint density at radius 3 is 2.55 bits per heavy atom. The molecule has 1 rings (SSSR count). The number of allylic oxidation sites excluding steroid dienone is 1. The Bertz CT molecular complexity index is 418. The molecule has 0 bridgehead atoms. The van der Waals surface area contributed by atoms with Crippen LogP contribution in [-0.4, -0.2) is 25.5 Å². The summed E-state index contributed by atoms with van der Waals surface area (Å²) in [4.78, 5) is 0. The van der Waals surface area contributed by atoms with Crippen molar-refractivity contribution in [2.24, 2.45) is 0 Å². The predicted octanol–water partition coefficient (Wildman–Crippen LogP) is 4.55. The van der Waals surface area contributed by atoms with E-state index in [1.54, 1.807) is 0 Å². The first kappa shape index (κ1) is 16.9. The van der Waals surface area contributed by atoms with Gasteiger partial charge in [-0.15, -0.1) is 0 Å². The molecule has 1 atom stereocenters. The first-order valence-corrected chi connectivity index (χ1v) is 6.49. The van der Waals surface area contributed by atoms with Gasteiger partial charge < -0.3 is 9.47 Å². The van der Waals surface area contributed by atoms with Gasteiger partial charge in [0, 0.05) is 6.42 Å². The highest BCUT2D eigenvalue weighted by molar-refractivity contribution is 6.30. The molecular weight excluding hydrogens is 293 g/mol. The minimum absolute atomic E-state index is 0.0838. The fourth-order valence-corrected chi connectivity index (χ4v) is 1.43. The third-order valence-corrected chi connectivity index (χ3v) is 2.77. The summed E-state index contributed by atoms with van der Waals surface area (Å²) in [7, 11) is 0. The zero-order valence-corrected chi connectivity index (χ0v) is 11.7. The molecule has 0 saturated carbocycles. The fraction of sp³-hybridized carbons (Fsp3) is 0.429. The maximum Gasteiger partial charge on any atom is 0.426 e. The Hall–Kier alpha value is -1.20. The maximum absolute atomic E-state index is 12.1. The van der Waals surface area contributed by atoms with Crippen LogP contribution in [0.1, 0.15) is 13.3 Å². The van der Waals surface area contributed by atoms with E-state index in [1.807, 2.05) is 37.3 Å². The molecule has 0 fully saturated rings. The molecule has 112 valence electrons. The number of benzene rings is 1. The SMILES string of the molecule is CC(CCOC/C=C(\Cl)C(F)(F)F)Oc1ccccc1. The lowest BCUT2D eigenvalue weighted by molar-refractivity contribution is -0.0851. The summed E-state index contributed by atoms with van der Waals surface area (Å²) < 4.78 is 46.8. The molecule has 0 radical (unpaired) electrons. The summed E-state index contributed by atoms with van der Waals surface area (Å²) in [6.45, 7) is 2.00. The number of hydrogen-bond acceptors (Lipinski definition) is 2. The zero-order valence-electron chi connectivity index (χ0n) is 11.0. The number of rotatable bonds is 7. The van der Waals surface area contributed by atoms with Crippen LogP contribution in [0.4, 0.5) is 13.2 Å². The van der Waals surface area contributed by atoms with E-state index in [-0.39, 0.29) is 12.7 Å². The van der Waals surface area contributed by atoms with Gasteiger partial charge >= 0.3 is 6.18 Å². The molecule has 6 heteroatoms. The topological polar surface area (TPSA) is 18.5 Å². The first-order valence-electron chi connectivity index (χ1n) is 6.12. The molecule has 0 aliphatic heterocycles. The van der Waals surface area contributed by atoms with Crippen molar-refractivity contribution in [2.75, 3.05) is 13.2 Å². The summed E-state index contributed by atoms with van der Waals surface area (Å²) in [6, 6.07) is 9.29. The molecule has 0 saturated heterocycles. The van der Waals surface area contributed by atoms with Crippen molar-refractivity contribution in [3.8, 4) is 5.75 Å². The minimum Gasteiger partial charge on any atom is -0.491 e. The lowest BCUT2D eigenvalue weighted by Gasteiger charge is -2.14. The summed E-state index contributed by atoms with van der Waals surface area (Å²) in [5, 5.41) is -1.16. The van der Waals surface area contributed by atoms with Gasteiger partial charge in [-0.3, -0.25) is 0 Å². The quantitative estimate of drug-likeness (QED) is 0.688. The number of alkyl halides is 3. The van der Waals surface area contributed by atoms with Crippen LogP contribution >= 0.6 is 11.6 Å². The minimum atomic E-state index is -4.51. The Morgan fingerprint density at radius 2 is 1.95 bits per heavy atom. The summed E-state index contributed by atoms with van der Waals surface area (Å²) in [5.74, 6) is 0.750.